The average molecular weight is 213 g/mol. The molecule has 0 aromatic carbocycles. The maximum atomic E-state index is 13.1. The predicted octanol–water partition coefficient (Wildman–Crippen LogP) is 3.37. The summed E-state index contributed by atoms with van der Waals surface area (Å²) in [4.78, 5) is 3.17. The van der Waals surface area contributed by atoms with Crippen LogP contribution in [0.4, 0.5) is 17.6 Å². The van der Waals surface area contributed by atoms with Crippen molar-refractivity contribution >= 4 is 11.3 Å². The molecule has 0 unspecified atom stereocenters. The van der Waals surface area contributed by atoms with Gasteiger partial charge in [0, 0.05) is 5.38 Å². The molecular formula is C7H7F4NS. The molecule has 1 rings (SSSR count). The van der Waals surface area contributed by atoms with Crippen LogP contribution in [-0.2, 0) is 11.8 Å². The highest BCUT2D eigenvalue weighted by atomic mass is 32.1. The van der Waals surface area contributed by atoms with Gasteiger partial charge >= 0.3 is 6.18 Å². The van der Waals surface area contributed by atoms with Gasteiger partial charge in [0.2, 0.25) is 0 Å². The predicted molar refractivity (Wildman–Crippen MR) is 41.3 cm³/mol. The second kappa shape index (κ2) is 2.94. The third kappa shape index (κ3) is 2.40. The van der Waals surface area contributed by atoms with Gasteiger partial charge in [-0.25, -0.2) is 9.37 Å². The summed E-state index contributed by atoms with van der Waals surface area (Å²) in [6.07, 6.45) is -4.48. The smallest absolute Gasteiger partial charge is 0.238 e. The van der Waals surface area contributed by atoms with Gasteiger partial charge in [0.05, 0.1) is 5.69 Å². The molecule has 74 valence electrons. The van der Waals surface area contributed by atoms with Crippen LogP contribution in [0.2, 0.25) is 0 Å². The largest absolute Gasteiger partial charge is 0.443 e. The second-order valence-electron chi connectivity index (χ2n) is 3.01. The quantitative estimate of drug-likeness (QED) is 0.652. The van der Waals surface area contributed by atoms with E-state index in [-0.39, 0.29) is 5.69 Å². The molecule has 1 aromatic heterocycles. The van der Waals surface area contributed by atoms with Crippen molar-refractivity contribution in [3.8, 4) is 0 Å². The molecule has 6 heteroatoms. The zero-order chi connectivity index (χ0) is 10.3. The van der Waals surface area contributed by atoms with Crippen LogP contribution in [0.1, 0.15) is 24.5 Å². The summed E-state index contributed by atoms with van der Waals surface area (Å²) in [5, 5.41) is 0.0799. The third-order valence-electron chi connectivity index (χ3n) is 1.36. The number of halogens is 4. The van der Waals surface area contributed by atoms with E-state index < -0.39 is 16.9 Å². The summed E-state index contributed by atoms with van der Waals surface area (Å²) < 4.78 is 49.1. The van der Waals surface area contributed by atoms with Crippen LogP contribution in [0.5, 0.6) is 0 Å². The minimum atomic E-state index is -4.48. The van der Waals surface area contributed by atoms with Gasteiger partial charge < -0.3 is 0 Å². The SMILES string of the molecule is CC(C)(F)c1csc(C(F)(F)F)n1. The maximum Gasteiger partial charge on any atom is 0.443 e. The Morgan fingerprint density at radius 3 is 2.00 bits per heavy atom. The number of aromatic nitrogens is 1. The minimum absolute atomic E-state index is 0.176. The van der Waals surface area contributed by atoms with E-state index in [9.17, 15) is 17.6 Å². The minimum Gasteiger partial charge on any atom is -0.238 e. The third-order valence-corrected chi connectivity index (χ3v) is 2.24. The molecule has 1 aromatic rings. The zero-order valence-corrected chi connectivity index (χ0v) is 7.76. The van der Waals surface area contributed by atoms with E-state index in [2.05, 4.69) is 4.98 Å². The molecular weight excluding hydrogens is 206 g/mol. The Kier molecular flexibility index (Phi) is 2.36. The van der Waals surface area contributed by atoms with Gasteiger partial charge in [0.15, 0.2) is 5.01 Å². The van der Waals surface area contributed by atoms with Gasteiger partial charge in [-0.3, -0.25) is 0 Å². The van der Waals surface area contributed by atoms with E-state index in [0.717, 1.165) is 5.38 Å². The summed E-state index contributed by atoms with van der Waals surface area (Å²) in [6, 6.07) is 0. The van der Waals surface area contributed by atoms with E-state index >= 15 is 0 Å². The Morgan fingerprint density at radius 2 is 1.77 bits per heavy atom. The highest BCUT2D eigenvalue weighted by Gasteiger charge is 2.36. The van der Waals surface area contributed by atoms with Crippen LogP contribution in [0.15, 0.2) is 5.38 Å². The van der Waals surface area contributed by atoms with Crippen molar-refractivity contribution in [2.24, 2.45) is 0 Å². The number of rotatable bonds is 1. The fourth-order valence-corrected chi connectivity index (χ4v) is 1.52. The molecule has 0 aliphatic rings. The monoisotopic (exact) mass is 213 g/mol. The Bertz CT molecular complexity index is 268. The molecule has 1 nitrogen and oxygen atoms in total. The maximum absolute atomic E-state index is 13.1. The zero-order valence-electron chi connectivity index (χ0n) is 6.94. The first-order chi connectivity index (χ1) is 5.71. The van der Waals surface area contributed by atoms with Gasteiger partial charge in [0.1, 0.15) is 5.67 Å². The Morgan fingerprint density at radius 1 is 1.23 bits per heavy atom. The average Bonchev–Trinajstić information content (AvgIpc) is 2.28. The normalized spacial score (nSPS) is 13.4. The fraction of sp³-hybridized carbons (Fsp3) is 0.571. The highest BCUT2D eigenvalue weighted by Crippen LogP contribution is 2.34. The van der Waals surface area contributed by atoms with Crippen molar-refractivity contribution in [2.45, 2.75) is 25.7 Å². The summed E-state index contributed by atoms with van der Waals surface area (Å²) >= 11 is 0.407. The van der Waals surface area contributed by atoms with Crippen molar-refractivity contribution in [1.82, 2.24) is 4.98 Å². The molecule has 0 saturated carbocycles. The fourth-order valence-electron chi connectivity index (χ4n) is 0.677. The molecule has 0 N–H and O–H groups in total. The van der Waals surface area contributed by atoms with Crippen LogP contribution >= 0.6 is 11.3 Å². The standard InChI is InChI=1S/C7H7F4NS/c1-6(2,8)4-3-13-5(12-4)7(9,10)11/h3H,1-2H3. The van der Waals surface area contributed by atoms with Crippen molar-refractivity contribution in [3.05, 3.63) is 16.1 Å². The van der Waals surface area contributed by atoms with Crippen LogP contribution in [0.25, 0.3) is 0 Å². The number of nitrogens with zero attached hydrogens (tertiary/aromatic N) is 1. The summed E-state index contributed by atoms with van der Waals surface area (Å²) in [7, 11) is 0. The van der Waals surface area contributed by atoms with Crippen molar-refractivity contribution in [1.29, 1.82) is 0 Å². The van der Waals surface area contributed by atoms with Crippen LogP contribution in [0, 0.1) is 0 Å². The van der Waals surface area contributed by atoms with Gasteiger partial charge in [0.25, 0.3) is 0 Å². The lowest BCUT2D eigenvalue weighted by Gasteiger charge is -2.09. The van der Waals surface area contributed by atoms with E-state index in [1.54, 1.807) is 0 Å². The van der Waals surface area contributed by atoms with Crippen LogP contribution in [0.3, 0.4) is 0 Å². The number of hydrogen-bond donors (Lipinski definition) is 0. The van der Waals surface area contributed by atoms with Crippen LogP contribution < -0.4 is 0 Å². The molecule has 0 bridgehead atoms. The molecule has 0 fully saturated rings. The molecule has 0 aliphatic heterocycles. The van der Waals surface area contributed by atoms with Crippen molar-refractivity contribution in [3.63, 3.8) is 0 Å². The number of hydrogen-bond acceptors (Lipinski definition) is 2. The molecule has 0 saturated heterocycles. The number of alkyl halides is 4. The molecule has 0 radical (unpaired) electrons. The Labute approximate surface area is 76.4 Å². The van der Waals surface area contributed by atoms with Crippen molar-refractivity contribution in [2.75, 3.05) is 0 Å². The van der Waals surface area contributed by atoms with E-state index in [0.29, 0.717) is 11.3 Å². The van der Waals surface area contributed by atoms with Gasteiger partial charge in [-0.1, -0.05) is 0 Å². The lowest BCUT2D eigenvalue weighted by molar-refractivity contribution is -0.137. The van der Waals surface area contributed by atoms with Gasteiger partial charge in [-0.05, 0) is 13.8 Å². The molecule has 0 amide bonds. The van der Waals surface area contributed by atoms with E-state index in [1.165, 1.54) is 13.8 Å². The lowest BCUT2D eigenvalue weighted by atomic mass is 10.1. The molecule has 13 heavy (non-hydrogen) atoms. The summed E-state index contributed by atoms with van der Waals surface area (Å²) in [6.45, 7) is 2.34. The van der Waals surface area contributed by atoms with E-state index in [4.69, 9.17) is 0 Å². The topological polar surface area (TPSA) is 12.9 Å². The molecule has 0 spiro atoms. The molecule has 1 heterocycles. The Hall–Kier alpha value is -0.650. The first-order valence-corrected chi connectivity index (χ1v) is 4.31. The van der Waals surface area contributed by atoms with Crippen molar-refractivity contribution < 1.29 is 17.6 Å². The summed E-state index contributed by atoms with van der Waals surface area (Å²) in [5.41, 5.74) is -2.00. The van der Waals surface area contributed by atoms with Crippen LogP contribution in [-0.4, -0.2) is 4.98 Å². The molecule has 0 atom stereocenters. The first kappa shape index (κ1) is 10.4. The lowest BCUT2D eigenvalue weighted by Crippen LogP contribution is -2.11. The van der Waals surface area contributed by atoms with E-state index in [1.807, 2.05) is 0 Å². The highest BCUT2D eigenvalue weighted by molar-refractivity contribution is 7.09. The van der Waals surface area contributed by atoms with Gasteiger partial charge in [-0.15, -0.1) is 11.3 Å². The number of thiazole rings is 1. The first-order valence-electron chi connectivity index (χ1n) is 3.43. The molecule has 0 aliphatic carbocycles. The van der Waals surface area contributed by atoms with Gasteiger partial charge in [-0.2, -0.15) is 13.2 Å². The second-order valence-corrected chi connectivity index (χ2v) is 3.87. The Balaban J connectivity index is 3.01. The summed E-state index contributed by atoms with van der Waals surface area (Å²) in [5.74, 6) is 0.